The number of nitrogens with one attached hydrogen (secondary N) is 3. The lowest BCUT2D eigenvalue weighted by Gasteiger charge is -2.33. The van der Waals surface area contributed by atoms with Crippen molar-refractivity contribution in [1.82, 2.24) is 26.1 Å². The van der Waals surface area contributed by atoms with E-state index >= 15 is 0 Å². The maximum absolute atomic E-state index is 13.5. The molecule has 0 aliphatic heterocycles. The van der Waals surface area contributed by atoms with Crippen LogP contribution in [0.3, 0.4) is 0 Å². The lowest BCUT2D eigenvalue weighted by molar-refractivity contribution is -0.128. The van der Waals surface area contributed by atoms with Crippen molar-refractivity contribution in [2.75, 3.05) is 6.54 Å². The van der Waals surface area contributed by atoms with E-state index in [0.29, 0.717) is 5.52 Å². The third kappa shape index (κ3) is 10.6. The summed E-state index contributed by atoms with van der Waals surface area (Å²) < 4.78 is 5.35. The van der Waals surface area contributed by atoms with Gasteiger partial charge in [0.25, 0.3) is 5.91 Å². The minimum Gasteiger partial charge on any atom is -0.443 e. The van der Waals surface area contributed by atoms with Crippen molar-refractivity contribution < 1.29 is 29.0 Å². The van der Waals surface area contributed by atoms with Crippen LogP contribution in [0.15, 0.2) is 66.7 Å². The highest BCUT2D eigenvalue weighted by molar-refractivity contribution is 5.99. The Bertz CT molecular complexity index is 1440. The van der Waals surface area contributed by atoms with E-state index in [0.717, 1.165) is 10.9 Å². The molecule has 0 saturated heterocycles. The molecule has 0 bridgehead atoms. The normalized spacial score (nSPS) is 13.6. The summed E-state index contributed by atoms with van der Waals surface area (Å²) in [5, 5.41) is 19.1. The Hall–Kier alpha value is -4.55. The number of rotatable bonds is 13. The van der Waals surface area contributed by atoms with E-state index in [1.54, 1.807) is 39.0 Å². The molecular formula is C32H42N6O6. The van der Waals surface area contributed by atoms with E-state index in [-0.39, 0.29) is 24.7 Å². The predicted molar refractivity (Wildman–Crippen MR) is 166 cm³/mol. The number of primary amides is 1. The summed E-state index contributed by atoms with van der Waals surface area (Å²) in [5.41, 5.74) is 8.84. The minimum absolute atomic E-state index is 0.0626. The maximum Gasteiger partial charge on any atom is 0.422 e. The molecule has 1 heterocycles. The highest BCUT2D eigenvalue weighted by Crippen LogP contribution is 2.14. The maximum atomic E-state index is 13.5. The summed E-state index contributed by atoms with van der Waals surface area (Å²) in [4.78, 5) is 55.4. The van der Waals surface area contributed by atoms with E-state index in [4.69, 9.17) is 10.5 Å². The average Bonchev–Trinajstić information content (AvgIpc) is 2.95. The SMILES string of the molecule is CC(C)N(CC(O)[C@H](Cc1ccccc1)NC(=O)[C@@H](CC(N)=O)NC(=O)c1ccc2ccccc2n1)NC(=O)OC(C)(C)C. The van der Waals surface area contributed by atoms with E-state index < -0.39 is 54.0 Å². The third-order valence-electron chi connectivity index (χ3n) is 6.59. The molecule has 12 heteroatoms. The molecule has 1 aromatic heterocycles. The van der Waals surface area contributed by atoms with Gasteiger partial charge < -0.3 is 26.2 Å². The number of aliphatic hydroxyl groups is 1. The fourth-order valence-corrected chi connectivity index (χ4v) is 4.40. The Morgan fingerprint density at radius 2 is 1.61 bits per heavy atom. The van der Waals surface area contributed by atoms with Gasteiger partial charge in [0.2, 0.25) is 11.8 Å². The van der Waals surface area contributed by atoms with Crippen LogP contribution >= 0.6 is 0 Å². The number of aromatic nitrogens is 1. The summed E-state index contributed by atoms with van der Waals surface area (Å²) in [6.45, 7) is 8.81. The first-order valence-corrected chi connectivity index (χ1v) is 14.5. The molecule has 1 unspecified atom stereocenters. The van der Waals surface area contributed by atoms with Crippen LogP contribution in [0.2, 0.25) is 0 Å². The molecule has 3 aromatic rings. The molecular weight excluding hydrogens is 564 g/mol. The molecule has 236 valence electrons. The van der Waals surface area contributed by atoms with Crippen LogP contribution in [0.5, 0.6) is 0 Å². The number of para-hydroxylation sites is 1. The summed E-state index contributed by atoms with van der Waals surface area (Å²) in [7, 11) is 0. The molecule has 3 atom stereocenters. The Morgan fingerprint density at radius 1 is 0.955 bits per heavy atom. The first kappa shape index (κ1) is 33.9. The number of nitrogens with two attached hydrogens (primary N) is 1. The molecule has 0 radical (unpaired) electrons. The molecule has 44 heavy (non-hydrogen) atoms. The standard InChI is InChI=1S/C32H42N6O6/c1-20(2)38(37-31(43)44-32(3,4)5)19-27(39)25(17-21-11-7-6-8-12-21)35-30(42)26(18-28(33)40)36-29(41)24-16-15-22-13-9-10-14-23(22)34-24/h6-16,20,25-27,39H,17-19H2,1-5H3,(H2,33,40)(H,35,42)(H,36,41)(H,37,43)/t25-,26+,27?/m0/s1. The summed E-state index contributed by atoms with van der Waals surface area (Å²) in [6, 6.07) is 17.3. The summed E-state index contributed by atoms with van der Waals surface area (Å²) >= 11 is 0. The van der Waals surface area contributed by atoms with Crippen molar-refractivity contribution in [3.05, 3.63) is 78.0 Å². The highest BCUT2D eigenvalue weighted by atomic mass is 16.6. The molecule has 4 amide bonds. The van der Waals surface area contributed by atoms with Crippen LogP contribution in [0.1, 0.15) is 57.1 Å². The Kier molecular flexibility index (Phi) is 11.8. The summed E-state index contributed by atoms with van der Waals surface area (Å²) in [6.07, 6.45) is -2.13. The Morgan fingerprint density at radius 3 is 2.25 bits per heavy atom. The average molecular weight is 607 g/mol. The molecule has 3 rings (SSSR count). The van der Waals surface area contributed by atoms with Gasteiger partial charge in [-0.1, -0.05) is 54.6 Å². The molecule has 0 aliphatic carbocycles. The van der Waals surface area contributed by atoms with Gasteiger partial charge in [0, 0.05) is 18.0 Å². The van der Waals surface area contributed by atoms with Crippen molar-refractivity contribution in [3.8, 4) is 0 Å². The predicted octanol–water partition coefficient (Wildman–Crippen LogP) is 2.45. The number of ether oxygens (including phenoxy) is 1. The van der Waals surface area contributed by atoms with Gasteiger partial charge in [-0.3, -0.25) is 19.8 Å². The second-order valence-corrected chi connectivity index (χ2v) is 11.8. The number of benzene rings is 2. The molecule has 12 nitrogen and oxygen atoms in total. The van der Waals surface area contributed by atoms with Crippen molar-refractivity contribution in [3.63, 3.8) is 0 Å². The number of carbonyl (C=O) groups excluding carboxylic acids is 4. The highest BCUT2D eigenvalue weighted by Gasteiger charge is 2.31. The monoisotopic (exact) mass is 606 g/mol. The number of carbonyl (C=O) groups is 4. The number of hydrazine groups is 1. The Balaban J connectivity index is 1.80. The molecule has 6 N–H and O–H groups in total. The number of fused-ring (bicyclic) bond motifs is 1. The minimum atomic E-state index is -1.33. The fraction of sp³-hybridized carbons (Fsp3) is 0.406. The number of pyridine rings is 1. The van der Waals surface area contributed by atoms with Crippen LogP contribution < -0.4 is 21.8 Å². The summed E-state index contributed by atoms with van der Waals surface area (Å²) in [5.74, 6) is -2.18. The van der Waals surface area contributed by atoms with Crippen molar-refractivity contribution >= 4 is 34.7 Å². The van der Waals surface area contributed by atoms with Crippen LogP contribution in [0.25, 0.3) is 10.9 Å². The fourth-order valence-electron chi connectivity index (χ4n) is 4.40. The quantitative estimate of drug-likeness (QED) is 0.184. The number of hydrogen-bond acceptors (Lipinski definition) is 8. The zero-order valence-corrected chi connectivity index (χ0v) is 25.7. The first-order valence-electron chi connectivity index (χ1n) is 14.5. The van der Waals surface area contributed by atoms with E-state index in [1.165, 1.54) is 11.1 Å². The molecule has 0 spiro atoms. The van der Waals surface area contributed by atoms with Crippen molar-refractivity contribution in [2.45, 2.75) is 77.3 Å². The van der Waals surface area contributed by atoms with Gasteiger partial charge in [-0.2, -0.15) is 0 Å². The van der Waals surface area contributed by atoms with Gasteiger partial charge >= 0.3 is 6.09 Å². The smallest absolute Gasteiger partial charge is 0.422 e. The molecule has 0 fully saturated rings. The van der Waals surface area contributed by atoms with E-state index in [2.05, 4.69) is 21.0 Å². The van der Waals surface area contributed by atoms with Crippen LogP contribution in [-0.4, -0.2) is 75.3 Å². The Labute approximate surface area is 257 Å². The second kappa shape index (κ2) is 15.3. The van der Waals surface area contributed by atoms with Gasteiger partial charge in [-0.25, -0.2) is 14.8 Å². The third-order valence-corrected chi connectivity index (χ3v) is 6.59. The lowest BCUT2D eigenvalue weighted by Crippen LogP contribution is -2.58. The van der Waals surface area contributed by atoms with Crippen molar-refractivity contribution in [2.24, 2.45) is 5.73 Å². The largest absolute Gasteiger partial charge is 0.443 e. The van der Waals surface area contributed by atoms with E-state index in [1.807, 2.05) is 56.3 Å². The van der Waals surface area contributed by atoms with Gasteiger partial charge in [-0.15, -0.1) is 0 Å². The van der Waals surface area contributed by atoms with Crippen LogP contribution in [0, 0.1) is 0 Å². The number of amides is 4. The molecule has 2 aromatic carbocycles. The van der Waals surface area contributed by atoms with Crippen LogP contribution in [0.4, 0.5) is 4.79 Å². The second-order valence-electron chi connectivity index (χ2n) is 11.8. The van der Waals surface area contributed by atoms with Gasteiger partial charge in [0.05, 0.1) is 24.1 Å². The zero-order chi connectivity index (χ0) is 32.4. The number of aliphatic hydroxyl groups excluding tert-OH is 1. The van der Waals surface area contributed by atoms with E-state index in [9.17, 15) is 24.3 Å². The van der Waals surface area contributed by atoms with Crippen LogP contribution in [-0.2, 0) is 20.7 Å². The van der Waals surface area contributed by atoms with Gasteiger partial charge in [0.1, 0.15) is 17.3 Å². The zero-order valence-electron chi connectivity index (χ0n) is 25.7. The lowest BCUT2D eigenvalue weighted by atomic mass is 9.99. The van der Waals surface area contributed by atoms with Crippen molar-refractivity contribution in [1.29, 1.82) is 0 Å². The molecule has 0 aliphatic rings. The number of hydrogen-bond donors (Lipinski definition) is 5. The van der Waals surface area contributed by atoms with Gasteiger partial charge in [0.15, 0.2) is 0 Å². The van der Waals surface area contributed by atoms with Gasteiger partial charge in [-0.05, 0) is 58.7 Å². The topological polar surface area (TPSA) is 176 Å². The number of nitrogens with zero attached hydrogens (tertiary/aromatic N) is 2. The first-order chi connectivity index (χ1) is 20.7. The molecule has 0 saturated carbocycles.